The van der Waals surface area contributed by atoms with Crippen LogP contribution in [0.5, 0.6) is 0 Å². The molecule has 0 saturated carbocycles. The lowest BCUT2D eigenvalue weighted by Crippen LogP contribution is -2.48. The third kappa shape index (κ3) is 1.76. The van der Waals surface area contributed by atoms with Gasteiger partial charge in [0, 0.05) is 12.6 Å². The van der Waals surface area contributed by atoms with Gasteiger partial charge in [0.2, 0.25) is 5.91 Å². The highest BCUT2D eigenvalue weighted by molar-refractivity contribution is 5.94. The number of carbonyl (C=O) groups excluding carboxylic acids is 1. The zero-order valence-electron chi connectivity index (χ0n) is 11.0. The maximum atomic E-state index is 12.0. The van der Waals surface area contributed by atoms with Gasteiger partial charge >= 0.3 is 0 Å². The Hall–Kier alpha value is -1.57. The number of hydrogen-bond acceptors (Lipinski definition) is 1. The molecular formula is C16H19NO. The van der Waals surface area contributed by atoms with Gasteiger partial charge in [0.15, 0.2) is 0 Å². The van der Waals surface area contributed by atoms with Crippen molar-refractivity contribution in [3.8, 4) is 0 Å². The molecule has 0 N–H and O–H groups in total. The predicted octanol–water partition coefficient (Wildman–Crippen LogP) is 3.32. The molecule has 2 aliphatic rings. The quantitative estimate of drug-likeness (QED) is 0.638. The smallest absolute Gasteiger partial charge is 0.224 e. The van der Waals surface area contributed by atoms with E-state index < -0.39 is 0 Å². The van der Waals surface area contributed by atoms with Crippen molar-refractivity contribution < 1.29 is 4.79 Å². The molecule has 2 nitrogen and oxygen atoms in total. The highest BCUT2D eigenvalue weighted by atomic mass is 16.2. The summed E-state index contributed by atoms with van der Waals surface area (Å²) in [5.74, 6) is 0.746. The van der Waals surface area contributed by atoms with E-state index in [9.17, 15) is 4.79 Å². The third-order valence-corrected chi connectivity index (χ3v) is 4.22. The van der Waals surface area contributed by atoms with Crippen molar-refractivity contribution in [1.29, 1.82) is 0 Å². The number of benzene rings is 1. The molecule has 0 radical (unpaired) electrons. The van der Waals surface area contributed by atoms with Crippen molar-refractivity contribution in [2.45, 2.75) is 39.2 Å². The molecule has 3 rings (SSSR count). The SMILES string of the molecule is CC(=O)N1c2ccccc2C[C@@H]2CCC(C)=C[C@@H]21. The number of anilines is 1. The van der Waals surface area contributed by atoms with Gasteiger partial charge in [-0.1, -0.05) is 29.8 Å². The second-order valence-electron chi connectivity index (χ2n) is 5.52. The first-order chi connectivity index (χ1) is 8.66. The van der Waals surface area contributed by atoms with Crippen LogP contribution in [-0.4, -0.2) is 11.9 Å². The number of para-hydroxylation sites is 1. The van der Waals surface area contributed by atoms with Crippen molar-refractivity contribution >= 4 is 11.6 Å². The number of rotatable bonds is 0. The fourth-order valence-corrected chi connectivity index (χ4v) is 3.34. The van der Waals surface area contributed by atoms with E-state index in [1.807, 2.05) is 11.0 Å². The molecule has 0 fully saturated rings. The third-order valence-electron chi connectivity index (χ3n) is 4.22. The molecule has 18 heavy (non-hydrogen) atoms. The first-order valence-corrected chi connectivity index (χ1v) is 6.72. The van der Waals surface area contributed by atoms with Gasteiger partial charge in [0.1, 0.15) is 0 Å². The normalized spacial score (nSPS) is 26.1. The van der Waals surface area contributed by atoms with Crippen LogP contribution in [0.2, 0.25) is 0 Å². The Balaban J connectivity index is 2.10. The standard InChI is InChI=1S/C16H19NO/c1-11-7-8-14-10-13-5-3-4-6-15(13)17(12(2)18)16(14)9-11/h3-6,9,14,16H,7-8,10H2,1-2H3/t14-,16-/m0/s1. The fourth-order valence-electron chi connectivity index (χ4n) is 3.34. The molecule has 1 aromatic carbocycles. The number of nitrogens with zero attached hydrogens (tertiary/aromatic N) is 1. The molecule has 0 bridgehead atoms. The van der Waals surface area contributed by atoms with Crippen molar-refractivity contribution in [3.63, 3.8) is 0 Å². The summed E-state index contributed by atoms with van der Waals surface area (Å²) in [6.07, 6.45) is 5.78. The highest BCUT2D eigenvalue weighted by Gasteiger charge is 2.36. The van der Waals surface area contributed by atoms with Gasteiger partial charge in [-0.2, -0.15) is 0 Å². The van der Waals surface area contributed by atoms with Crippen LogP contribution in [-0.2, 0) is 11.2 Å². The molecular weight excluding hydrogens is 222 g/mol. The molecule has 1 aliphatic heterocycles. The molecule has 1 heterocycles. The lowest BCUT2D eigenvalue weighted by molar-refractivity contribution is -0.117. The number of hydrogen-bond donors (Lipinski definition) is 0. The van der Waals surface area contributed by atoms with E-state index in [-0.39, 0.29) is 11.9 Å². The summed E-state index contributed by atoms with van der Waals surface area (Å²) in [5.41, 5.74) is 3.85. The van der Waals surface area contributed by atoms with Crippen LogP contribution < -0.4 is 4.90 Å². The Morgan fingerprint density at radius 1 is 1.33 bits per heavy atom. The van der Waals surface area contributed by atoms with E-state index in [1.54, 1.807) is 6.92 Å². The van der Waals surface area contributed by atoms with Crippen LogP contribution in [0.1, 0.15) is 32.3 Å². The summed E-state index contributed by atoms with van der Waals surface area (Å²) < 4.78 is 0. The molecule has 0 aromatic heterocycles. The molecule has 1 aliphatic carbocycles. The van der Waals surface area contributed by atoms with Gasteiger partial charge < -0.3 is 4.90 Å². The van der Waals surface area contributed by atoms with Gasteiger partial charge in [-0.15, -0.1) is 0 Å². The molecule has 2 atom stereocenters. The summed E-state index contributed by atoms with van der Waals surface area (Å²) >= 11 is 0. The number of fused-ring (bicyclic) bond motifs is 2. The highest BCUT2D eigenvalue weighted by Crippen LogP contribution is 2.39. The Bertz CT molecular complexity index is 518. The van der Waals surface area contributed by atoms with Crippen LogP contribution in [0.3, 0.4) is 0 Å². The zero-order chi connectivity index (χ0) is 12.7. The van der Waals surface area contributed by atoms with E-state index in [0.717, 1.165) is 12.1 Å². The summed E-state index contributed by atoms with van der Waals surface area (Å²) in [7, 11) is 0. The number of carbonyl (C=O) groups is 1. The van der Waals surface area contributed by atoms with Crippen LogP contribution in [0.4, 0.5) is 5.69 Å². The monoisotopic (exact) mass is 241 g/mol. The van der Waals surface area contributed by atoms with Gasteiger partial charge in [-0.05, 0) is 43.7 Å². The Morgan fingerprint density at radius 2 is 2.11 bits per heavy atom. The van der Waals surface area contributed by atoms with Gasteiger partial charge in [0.05, 0.1) is 6.04 Å². The maximum Gasteiger partial charge on any atom is 0.224 e. The van der Waals surface area contributed by atoms with Crippen molar-refractivity contribution in [1.82, 2.24) is 0 Å². The molecule has 0 saturated heterocycles. The van der Waals surface area contributed by atoms with E-state index >= 15 is 0 Å². The minimum absolute atomic E-state index is 0.156. The van der Waals surface area contributed by atoms with Crippen LogP contribution >= 0.6 is 0 Å². The van der Waals surface area contributed by atoms with E-state index in [0.29, 0.717) is 5.92 Å². The number of amides is 1. The fraction of sp³-hybridized carbons (Fsp3) is 0.438. The predicted molar refractivity (Wildman–Crippen MR) is 73.6 cm³/mol. The first-order valence-electron chi connectivity index (χ1n) is 6.72. The minimum atomic E-state index is 0.156. The molecule has 0 spiro atoms. The van der Waals surface area contributed by atoms with Crippen LogP contribution in [0, 0.1) is 5.92 Å². The van der Waals surface area contributed by atoms with Crippen molar-refractivity contribution in [2.24, 2.45) is 5.92 Å². The second kappa shape index (κ2) is 4.27. The first kappa shape index (κ1) is 11.5. The average Bonchev–Trinajstić information content (AvgIpc) is 2.35. The summed E-state index contributed by atoms with van der Waals surface area (Å²) in [5, 5.41) is 0. The lowest BCUT2D eigenvalue weighted by atomic mass is 9.78. The summed E-state index contributed by atoms with van der Waals surface area (Å²) in [4.78, 5) is 14.0. The number of allylic oxidation sites excluding steroid dienone is 1. The molecule has 94 valence electrons. The summed E-state index contributed by atoms with van der Waals surface area (Å²) in [6, 6.07) is 8.60. The Morgan fingerprint density at radius 3 is 2.89 bits per heavy atom. The molecule has 1 amide bonds. The van der Waals surface area contributed by atoms with Crippen LogP contribution in [0.15, 0.2) is 35.9 Å². The van der Waals surface area contributed by atoms with E-state index in [2.05, 4.69) is 31.2 Å². The van der Waals surface area contributed by atoms with Gasteiger partial charge in [-0.25, -0.2) is 0 Å². The largest absolute Gasteiger partial charge is 0.305 e. The Labute approximate surface area is 108 Å². The van der Waals surface area contributed by atoms with Crippen molar-refractivity contribution in [2.75, 3.05) is 4.90 Å². The Kier molecular flexibility index (Phi) is 2.73. The van der Waals surface area contributed by atoms with Gasteiger partial charge in [-0.3, -0.25) is 4.79 Å². The van der Waals surface area contributed by atoms with Crippen LogP contribution in [0.25, 0.3) is 0 Å². The maximum absolute atomic E-state index is 12.0. The van der Waals surface area contributed by atoms with E-state index in [4.69, 9.17) is 0 Å². The zero-order valence-corrected chi connectivity index (χ0v) is 11.0. The second-order valence-corrected chi connectivity index (χ2v) is 5.52. The summed E-state index contributed by atoms with van der Waals surface area (Å²) in [6.45, 7) is 3.85. The molecule has 2 heteroatoms. The van der Waals surface area contributed by atoms with E-state index in [1.165, 1.54) is 24.0 Å². The molecule has 1 aromatic rings. The minimum Gasteiger partial charge on any atom is -0.305 e. The lowest BCUT2D eigenvalue weighted by Gasteiger charge is -2.43. The van der Waals surface area contributed by atoms with Crippen molar-refractivity contribution in [3.05, 3.63) is 41.5 Å². The topological polar surface area (TPSA) is 20.3 Å². The molecule has 0 unspecified atom stereocenters. The average molecular weight is 241 g/mol. The van der Waals surface area contributed by atoms with Gasteiger partial charge in [0.25, 0.3) is 0 Å².